The second-order valence-corrected chi connectivity index (χ2v) is 6.84. The molecule has 21 heavy (non-hydrogen) atoms. The summed E-state index contributed by atoms with van der Waals surface area (Å²) >= 11 is 0. The summed E-state index contributed by atoms with van der Waals surface area (Å²) in [4.78, 5) is 4.71. The number of nitrogens with one attached hydrogen (secondary N) is 1. The molecule has 0 aliphatic rings. The SMILES string of the molecule is CCCNCc1cc(OC(C)CCC)nc(C(C)(C)C)c1. The summed E-state index contributed by atoms with van der Waals surface area (Å²) in [5.74, 6) is 0.761. The van der Waals surface area contributed by atoms with E-state index in [-0.39, 0.29) is 11.5 Å². The van der Waals surface area contributed by atoms with E-state index in [1.807, 2.05) is 0 Å². The molecule has 1 atom stereocenters. The Morgan fingerprint density at radius 3 is 2.48 bits per heavy atom. The Morgan fingerprint density at radius 2 is 1.90 bits per heavy atom. The topological polar surface area (TPSA) is 34.1 Å². The zero-order valence-electron chi connectivity index (χ0n) is 14.6. The quantitative estimate of drug-likeness (QED) is 0.719. The van der Waals surface area contributed by atoms with Gasteiger partial charge in [0.2, 0.25) is 5.88 Å². The Morgan fingerprint density at radius 1 is 1.19 bits per heavy atom. The summed E-state index contributed by atoms with van der Waals surface area (Å²) in [5, 5.41) is 3.45. The van der Waals surface area contributed by atoms with Crippen molar-refractivity contribution < 1.29 is 4.74 Å². The van der Waals surface area contributed by atoms with Crippen LogP contribution in [0.15, 0.2) is 12.1 Å². The molecule has 120 valence electrons. The first-order valence-corrected chi connectivity index (χ1v) is 8.25. The van der Waals surface area contributed by atoms with Crippen molar-refractivity contribution in [2.45, 2.75) is 78.9 Å². The molecule has 0 aliphatic heterocycles. The molecule has 0 spiro atoms. The Kier molecular flexibility index (Phi) is 7.16. The zero-order chi connectivity index (χ0) is 15.9. The van der Waals surface area contributed by atoms with Gasteiger partial charge in [0.1, 0.15) is 0 Å². The number of hydrogen-bond donors (Lipinski definition) is 1. The van der Waals surface area contributed by atoms with E-state index in [1.54, 1.807) is 0 Å². The highest BCUT2D eigenvalue weighted by atomic mass is 16.5. The van der Waals surface area contributed by atoms with E-state index < -0.39 is 0 Å². The molecule has 3 heteroatoms. The lowest BCUT2D eigenvalue weighted by Gasteiger charge is -2.21. The Balaban J connectivity index is 2.92. The van der Waals surface area contributed by atoms with Gasteiger partial charge in [-0.25, -0.2) is 4.98 Å². The average Bonchev–Trinajstić information content (AvgIpc) is 2.38. The molecule has 0 saturated heterocycles. The molecule has 3 nitrogen and oxygen atoms in total. The van der Waals surface area contributed by atoms with E-state index in [0.29, 0.717) is 0 Å². The van der Waals surface area contributed by atoms with Gasteiger partial charge < -0.3 is 10.1 Å². The van der Waals surface area contributed by atoms with Gasteiger partial charge in [0.15, 0.2) is 0 Å². The van der Waals surface area contributed by atoms with Gasteiger partial charge in [-0.15, -0.1) is 0 Å². The first-order valence-electron chi connectivity index (χ1n) is 8.25. The van der Waals surface area contributed by atoms with Gasteiger partial charge in [0.25, 0.3) is 0 Å². The fourth-order valence-corrected chi connectivity index (χ4v) is 2.19. The van der Waals surface area contributed by atoms with Crippen molar-refractivity contribution in [2.24, 2.45) is 0 Å². The van der Waals surface area contributed by atoms with Crippen LogP contribution in [0.1, 0.15) is 72.1 Å². The zero-order valence-corrected chi connectivity index (χ0v) is 14.6. The maximum absolute atomic E-state index is 6.00. The summed E-state index contributed by atoms with van der Waals surface area (Å²) in [6.07, 6.45) is 3.55. The van der Waals surface area contributed by atoms with Gasteiger partial charge in [-0.2, -0.15) is 0 Å². The van der Waals surface area contributed by atoms with E-state index in [2.05, 4.69) is 59.0 Å². The van der Waals surface area contributed by atoms with Crippen molar-refractivity contribution in [2.75, 3.05) is 6.54 Å². The summed E-state index contributed by atoms with van der Waals surface area (Å²) in [7, 11) is 0. The molecule has 0 fully saturated rings. The molecule has 1 N–H and O–H groups in total. The number of aromatic nitrogens is 1. The van der Waals surface area contributed by atoms with Gasteiger partial charge in [-0.1, -0.05) is 41.0 Å². The smallest absolute Gasteiger partial charge is 0.214 e. The highest BCUT2D eigenvalue weighted by Gasteiger charge is 2.18. The maximum atomic E-state index is 6.00. The molecule has 1 unspecified atom stereocenters. The molecule has 1 aromatic heterocycles. The fourth-order valence-electron chi connectivity index (χ4n) is 2.19. The monoisotopic (exact) mass is 292 g/mol. The molecule has 0 bridgehead atoms. The molecular formula is C18H32N2O. The average molecular weight is 292 g/mol. The second-order valence-electron chi connectivity index (χ2n) is 6.84. The Labute approximate surface area is 130 Å². The normalized spacial score (nSPS) is 13.2. The fraction of sp³-hybridized carbons (Fsp3) is 0.722. The summed E-state index contributed by atoms with van der Waals surface area (Å²) in [5.41, 5.74) is 2.38. The lowest BCUT2D eigenvalue weighted by Crippen LogP contribution is -2.19. The number of pyridine rings is 1. The van der Waals surface area contributed by atoms with Crippen molar-refractivity contribution in [3.05, 3.63) is 23.4 Å². The van der Waals surface area contributed by atoms with Crippen LogP contribution >= 0.6 is 0 Å². The number of hydrogen-bond acceptors (Lipinski definition) is 3. The van der Waals surface area contributed by atoms with Gasteiger partial charge in [0.05, 0.1) is 11.8 Å². The minimum Gasteiger partial charge on any atom is -0.475 e. The Bertz CT molecular complexity index is 424. The van der Waals surface area contributed by atoms with Crippen LogP contribution in [0.3, 0.4) is 0 Å². The highest BCUT2D eigenvalue weighted by Crippen LogP contribution is 2.25. The predicted molar refractivity (Wildman–Crippen MR) is 89.9 cm³/mol. The van der Waals surface area contributed by atoms with Crippen molar-refractivity contribution in [1.82, 2.24) is 10.3 Å². The van der Waals surface area contributed by atoms with Crippen LogP contribution in [-0.4, -0.2) is 17.6 Å². The number of nitrogens with zero attached hydrogens (tertiary/aromatic N) is 1. The molecule has 0 aliphatic carbocycles. The minimum absolute atomic E-state index is 0.0346. The predicted octanol–water partition coefficient (Wildman–Crippen LogP) is 4.45. The largest absolute Gasteiger partial charge is 0.475 e. The summed E-state index contributed by atoms with van der Waals surface area (Å²) < 4.78 is 6.00. The lowest BCUT2D eigenvalue weighted by molar-refractivity contribution is 0.200. The minimum atomic E-state index is 0.0346. The first kappa shape index (κ1) is 18.0. The number of ether oxygens (including phenoxy) is 1. The summed E-state index contributed by atoms with van der Waals surface area (Å²) in [6.45, 7) is 15.0. The maximum Gasteiger partial charge on any atom is 0.214 e. The molecule has 1 rings (SSSR count). The molecular weight excluding hydrogens is 260 g/mol. The van der Waals surface area contributed by atoms with E-state index in [9.17, 15) is 0 Å². The van der Waals surface area contributed by atoms with E-state index in [1.165, 1.54) is 5.56 Å². The standard InChI is InChI=1S/C18H32N2O/c1-7-9-14(3)21-17-12-15(13-19-10-8-2)11-16(20-17)18(4,5)6/h11-12,14,19H,7-10,13H2,1-6H3. The molecule has 1 aromatic rings. The molecule has 0 saturated carbocycles. The highest BCUT2D eigenvalue weighted by molar-refractivity contribution is 5.28. The van der Waals surface area contributed by atoms with Crippen molar-refractivity contribution in [3.8, 4) is 5.88 Å². The van der Waals surface area contributed by atoms with E-state index in [0.717, 1.165) is 43.9 Å². The van der Waals surface area contributed by atoms with Gasteiger partial charge >= 0.3 is 0 Å². The van der Waals surface area contributed by atoms with Crippen LogP contribution in [0.25, 0.3) is 0 Å². The number of rotatable bonds is 8. The van der Waals surface area contributed by atoms with Crippen LogP contribution in [0.4, 0.5) is 0 Å². The third-order valence-corrected chi connectivity index (χ3v) is 3.40. The van der Waals surface area contributed by atoms with Crippen LogP contribution in [-0.2, 0) is 12.0 Å². The van der Waals surface area contributed by atoms with Crippen LogP contribution in [0, 0.1) is 0 Å². The van der Waals surface area contributed by atoms with Crippen molar-refractivity contribution in [3.63, 3.8) is 0 Å². The van der Waals surface area contributed by atoms with Crippen LogP contribution in [0.2, 0.25) is 0 Å². The second kappa shape index (κ2) is 8.38. The lowest BCUT2D eigenvalue weighted by atomic mass is 9.91. The van der Waals surface area contributed by atoms with Gasteiger partial charge in [-0.3, -0.25) is 0 Å². The third-order valence-electron chi connectivity index (χ3n) is 3.40. The summed E-state index contributed by atoms with van der Waals surface area (Å²) in [6, 6.07) is 4.27. The molecule has 0 amide bonds. The van der Waals surface area contributed by atoms with Crippen LogP contribution < -0.4 is 10.1 Å². The molecule has 1 heterocycles. The van der Waals surface area contributed by atoms with Crippen molar-refractivity contribution in [1.29, 1.82) is 0 Å². The van der Waals surface area contributed by atoms with Crippen molar-refractivity contribution >= 4 is 0 Å². The van der Waals surface area contributed by atoms with E-state index >= 15 is 0 Å². The van der Waals surface area contributed by atoms with Gasteiger partial charge in [-0.05, 0) is 37.9 Å². The first-order chi connectivity index (χ1) is 9.86. The van der Waals surface area contributed by atoms with Gasteiger partial charge in [0, 0.05) is 18.0 Å². The molecule has 0 aromatic carbocycles. The Hall–Kier alpha value is -1.09. The van der Waals surface area contributed by atoms with E-state index in [4.69, 9.17) is 9.72 Å². The van der Waals surface area contributed by atoms with Crippen LogP contribution in [0.5, 0.6) is 5.88 Å². The molecule has 0 radical (unpaired) electrons. The third kappa shape index (κ3) is 6.47.